The van der Waals surface area contributed by atoms with Gasteiger partial charge in [-0.25, -0.2) is 0 Å². The SMILES string of the molecule is CSCC(C)N(C)c1cc2c(cc1Br)C(O)C(=O)N2. The number of rotatable bonds is 4. The van der Waals surface area contributed by atoms with Crippen molar-refractivity contribution in [1.29, 1.82) is 0 Å². The van der Waals surface area contributed by atoms with Crippen LogP contribution < -0.4 is 10.2 Å². The number of anilines is 2. The molecule has 2 N–H and O–H groups in total. The zero-order valence-electron chi connectivity index (χ0n) is 11.1. The predicted molar refractivity (Wildman–Crippen MR) is 84.0 cm³/mol. The lowest BCUT2D eigenvalue weighted by atomic mass is 10.1. The molecule has 1 aliphatic heterocycles. The van der Waals surface area contributed by atoms with Crippen molar-refractivity contribution in [2.75, 3.05) is 29.3 Å². The number of thioether (sulfide) groups is 1. The number of carbonyl (C=O) groups is 1. The maximum Gasteiger partial charge on any atom is 0.257 e. The average molecular weight is 345 g/mol. The second-order valence-electron chi connectivity index (χ2n) is 4.70. The predicted octanol–water partition coefficient (Wildman–Crippen LogP) is 2.62. The normalized spacial score (nSPS) is 19.0. The summed E-state index contributed by atoms with van der Waals surface area (Å²) in [6, 6.07) is 4.10. The first-order chi connectivity index (χ1) is 8.95. The Labute approximate surface area is 125 Å². The Kier molecular flexibility index (Phi) is 4.43. The van der Waals surface area contributed by atoms with E-state index in [0.29, 0.717) is 17.3 Å². The fourth-order valence-corrected chi connectivity index (χ4v) is 3.46. The van der Waals surface area contributed by atoms with E-state index < -0.39 is 6.10 Å². The van der Waals surface area contributed by atoms with Gasteiger partial charge in [0.2, 0.25) is 0 Å². The van der Waals surface area contributed by atoms with Crippen molar-refractivity contribution in [1.82, 2.24) is 0 Å². The highest BCUT2D eigenvalue weighted by atomic mass is 79.9. The summed E-state index contributed by atoms with van der Waals surface area (Å²) in [5, 5.41) is 12.4. The Hall–Kier alpha value is -0.720. The summed E-state index contributed by atoms with van der Waals surface area (Å²) in [6.45, 7) is 2.16. The third-order valence-corrected chi connectivity index (χ3v) is 4.82. The zero-order valence-corrected chi connectivity index (χ0v) is 13.5. The third kappa shape index (κ3) is 2.75. The van der Waals surface area contributed by atoms with Crippen molar-refractivity contribution in [3.63, 3.8) is 0 Å². The number of nitrogens with one attached hydrogen (secondary N) is 1. The highest BCUT2D eigenvalue weighted by Crippen LogP contribution is 2.39. The third-order valence-electron chi connectivity index (χ3n) is 3.37. The molecule has 0 radical (unpaired) electrons. The number of benzene rings is 1. The van der Waals surface area contributed by atoms with Gasteiger partial charge in [-0.3, -0.25) is 4.79 Å². The van der Waals surface area contributed by atoms with E-state index in [4.69, 9.17) is 0 Å². The molecule has 6 heteroatoms. The van der Waals surface area contributed by atoms with Gasteiger partial charge in [0.15, 0.2) is 6.10 Å². The number of hydrogen-bond acceptors (Lipinski definition) is 4. The van der Waals surface area contributed by atoms with Crippen molar-refractivity contribution < 1.29 is 9.90 Å². The molecule has 1 aliphatic rings. The van der Waals surface area contributed by atoms with E-state index in [1.165, 1.54) is 0 Å². The molecule has 1 amide bonds. The maximum absolute atomic E-state index is 11.5. The summed E-state index contributed by atoms with van der Waals surface area (Å²) in [5.74, 6) is 0.661. The Balaban J connectivity index is 2.34. The van der Waals surface area contributed by atoms with E-state index in [1.807, 2.05) is 19.2 Å². The zero-order chi connectivity index (χ0) is 14.2. The van der Waals surface area contributed by atoms with Crippen molar-refractivity contribution >= 4 is 45.0 Å². The standard InChI is InChI=1S/C13H17BrN2O2S/c1-7(6-19-3)16(2)11-5-10-8(4-9(11)14)12(17)13(18)15-10/h4-5,7,12,17H,6H2,1-3H3,(H,15,18). The molecule has 1 aromatic rings. The monoisotopic (exact) mass is 344 g/mol. The van der Waals surface area contributed by atoms with E-state index >= 15 is 0 Å². The second-order valence-corrected chi connectivity index (χ2v) is 6.46. The lowest BCUT2D eigenvalue weighted by Gasteiger charge is -2.28. The van der Waals surface area contributed by atoms with Crippen LogP contribution in [0.3, 0.4) is 0 Å². The van der Waals surface area contributed by atoms with Crippen molar-refractivity contribution in [2.45, 2.75) is 19.1 Å². The number of carbonyl (C=O) groups excluding carboxylic acids is 1. The first kappa shape index (κ1) is 14.7. The van der Waals surface area contributed by atoms with Gasteiger partial charge in [-0.1, -0.05) is 0 Å². The number of nitrogens with zero attached hydrogens (tertiary/aromatic N) is 1. The summed E-state index contributed by atoms with van der Waals surface area (Å²) in [4.78, 5) is 13.6. The molecule has 104 valence electrons. The molecule has 4 nitrogen and oxygen atoms in total. The van der Waals surface area contributed by atoms with E-state index in [0.717, 1.165) is 15.9 Å². The van der Waals surface area contributed by atoms with Gasteiger partial charge in [-0.05, 0) is 41.2 Å². The van der Waals surface area contributed by atoms with E-state index in [1.54, 1.807) is 11.8 Å². The molecular formula is C13H17BrN2O2S. The molecule has 19 heavy (non-hydrogen) atoms. The van der Waals surface area contributed by atoms with Gasteiger partial charge >= 0.3 is 0 Å². The molecule has 0 aromatic heterocycles. The number of halogens is 1. The average Bonchev–Trinajstić information content (AvgIpc) is 2.64. The maximum atomic E-state index is 11.5. The molecule has 2 rings (SSSR count). The highest BCUT2D eigenvalue weighted by molar-refractivity contribution is 9.10. The first-order valence-electron chi connectivity index (χ1n) is 5.99. The van der Waals surface area contributed by atoms with Gasteiger partial charge in [0, 0.05) is 34.6 Å². The molecule has 0 aliphatic carbocycles. The van der Waals surface area contributed by atoms with Crippen LogP contribution in [-0.2, 0) is 4.79 Å². The fourth-order valence-electron chi connectivity index (χ4n) is 2.11. The quantitative estimate of drug-likeness (QED) is 0.881. The molecule has 0 saturated carbocycles. The van der Waals surface area contributed by atoms with Gasteiger partial charge in [0.05, 0.1) is 5.69 Å². The van der Waals surface area contributed by atoms with Crippen molar-refractivity contribution in [3.05, 3.63) is 22.2 Å². The number of aliphatic hydroxyl groups excluding tert-OH is 1. The lowest BCUT2D eigenvalue weighted by molar-refractivity contribution is -0.123. The van der Waals surface area contributed by atoms with Crippen LogP contribution in [-0.4, -0.2) is 36.1 Å². The minimum atomic E-state index is -1.06. The molecule has 2 unspecified atom stereocenters. The summed E-state index contributed by atoms with van der Waals surface area (Å²) in [6.07, 6.45) is 1.02. The van der Waals surface area contributed by atoms with Crippen LogP contribution in [0.1, 0.15) is 18.6 Å². The first-order valence-corrected chi connectivity index (χ1v) is 8.18. The van der Waals surface area contributed by atoms with Gasteiger partial charge in [-0.15, -0.1) is 0 Å². The largest absolute Gasteiger partial charge is 0.378 e. The number of fused-ring (bicyclic) bond motifs is 1. The molecular weight excluding hydrogens is 328 g/mol. The van der Waals surface area contributed by atoms with Crippen LogP contribution in [0.4, 0.5) is 11.4 Å². The van der Waals surface area contributed by atoms with Crippen LogP contribution in [0.15, 0.2) is 16.6 Å². The molecule has 0 saturated heterocycles. The Morgan fingerprint density at radius 1 is 1.58 bits per heavy atom. The minimum absolute atomic E-state index is 0.362. The molecule has 1 heterocycles. The second kappa shape index (κ2) is 5.73. The van der Waals surface area contributed by atoms with E-state index in [2.05, 4.69) is 39.3 Å². The van der Waals surface area contributed by atoms with Crippen LogP contribution in [0.5, 0.6) is 0 Å². The van der Waals surface area contributed by atoms with Crippen molar-refractivity contribution in [2.24, 2.45) is 0 Å². The van der Waals surface area contributed by atoms with Crippen LogP contribution in [0.25, 0.3) is 0 Å². The Bertz CT molecular complexity index is 510. The number of aliphatic hydroxyl groups is 1. The van der Waals surface area contributed by atoms with Crippen molar-refractivity contribution in [3.8, 4) is 0 Å². The van der Waals surface area contributed by atoms with Gasteiger partial charge < -0.3 is 15.3 Å². The van der Waals surface area contributed by atoms with Gasteiger partial charge in [-0.2, -0.15) is 11.8 Å². The molecule has 2 atom stereocenters. The fraction of sp³-hybridized carbons (Fsp3) is 0.462. The van der Waals surface area contributed by atoms with E-state index in [9.17, 15) is 9.90 Å². The summed E-state index contributed by atoms with van der Waals surface area (Å²) >= 11 is 5.32. The van der Waals surface area contributed by atoms with Crippen LogP contribution in [0, 0.1) is 0 Å². The lowest BCUT2D eigenvalue weighted by Crippen LogP contribution is -2.31. The Morgan fingerprint density at radius 2 is 2.26 bits per heavy atom. The molecule has 0 spiro atoms. The van der Waals surface area contributed by atoms with E-state index in [-0.39, 0.29) is 5.91 Å². The molecule has 0 fully saturated rings. The summed E-state index contributed by atoms with van der Waals surface area (Å²) in [7, 11) is 2.03. The van der Waals surface area contributed by atoms with Gasteiger partial charge in [0.1, 0.15) is 0 Å². The highest BCUT2D eigenvalue weighted by Gasteiger charge is 2.30. The summed E-state index contributed by atoms with van der Waals surface area (Å²) < 4.78 is 0.886. The topological polar surface area (TPSA) is 52.6 Å². The molecule has 1 aromatic carbocycles. The molecule has 0 bridgehead atoms. The van der Waals surface area contributed by atoms with Gasteiger partial charge in [0.25, 0.3) is 5.91 Å². The smallest absolute Gasteiger partial charge is 0.257 e. The van der Waals surface area contributed by atoms with Crippen LogP contribution >= 0.6 is 27.7 Å². The Morgan fingerprint density at radius 3 is 2.89 bits per heavy atom. The number of hydrogen-bond donors (Lipinski definition) is 2. The van der Waals surface area contributed by atoms with Crippen LogP contribution in [0.2, 0.25) is 0 Å². The number of amides is 1. The summed E-state index contributed by atoms with van der Waals surface area (Å²) in [5.41, 5.74) is 2.33. The minimum Gasteiger partial charge on any atom is -0.378 e.